The minimum Gasteiger partial charge on any atom is -0.411 e. The van der Waals surface area contributed by atoms with Gasteiger partial charge in [0.2, 0.25) is 0 Å². The Bertz CT molecular complexity index is 931. The number of aromatic nitrogens is 2. The number of nitrogens with zero attached hydrogens (tertiary/aromatic N) is 3. The predicted octanol–water partition coefficient (Wildman–Crippen LogP) is 10.2. The van der Waals surface area contributed by atoms with E-state index in [0.717, 1.165) is 80.6 Å². The number of aryl methyl sites for hydroxylation is 2. The Labute approximate surface area is 246 Å². The van der Waals surface area contributed by atoms with Crippen LogP contribution in [0.25, 0.3) is 0 Å². The zero-order valence-corrected chi connectivity index (χ0v) is 28.0. The monoisotopic (exact) mass is 563 g/mol. The van der Waals surface area contributed by atoms with Gasteiger partial charge in [-0.2, -0.15) is 0 Å². The van der Waals surface area contributed by atoms with Gasteiger partial charge in [0.25, 0.3) is 5.56 Å². The normalized spacial score (nSPS) is 11.4. The first-order valence-electron chi connectivity index (χ1n) is 16.0. The fourth-order valence-corrected chi connectivity index (χ4v) is 4.38. The molecule has 5 nitrogen and oxygen atoms in total. The molecule has 0 bridgehead atoms. The topological polar surface area (TPSA) is 67.5 Å². The molecule has 0 spiro atoms. The number of rotatable bonds is 8. The summed E-state index contributed by atoms with van der Waals surface area (Å²) in [6.07, 6.45) is 9.19. The smallest absolute Gasteiger partial charge is 0.256 e. The maximum Gasteiger partial charge on any atom is 0.256 e. The van der Waals surface area contributed by atoms with Crippen molar-refractivity contribution in [3.63, 3.8) is 0 Å². The van der Waals surface area contributed by atoms with Gasteiger partial charge in [0.1, 0.15) is 11.6 Å². The van der Waals surface area contributed by atoms with Crippen LogP contribution in [0.1, 0.15) is 144 Å². The standard InChI is InChI=1S/C14H20FNO.C12H18N2O.4C2H6/c1-3-5-11(6-4-2)14(16-17)12-7-9-13(15)10-8-12;1-3-6-10-9(2)13-11-7-4-5-8-14(11)12(10)15;4*1-2/h7-11,17H,3-6H2,1-2H3;3-8H2,1-2H3;4*1-2H3/b16-14-;;;;;. The lowest BCUT2D eigenvalue weighted by atomic mass is 9.89. The summed E-state index contributed by atoms with van der Waals surface area (Å²) < 4.78 is 14.7. The van der Waals surface area contributed by atoms with Crippen LogP contribution in [0.2, 0.25) is 0 Å². The molecule has 0 unspecified atom stereocenters. The summed E-state index contributed by atoms with van der Waals surface area (Å²) in [6, 6.07) is 6.14. The fraction of sp³-hybridized carbons (Fsp3) is 0.676. The van der Waals surface area contributed by atoms with Crippen molar-refractivity contribution in [1.82, 2.24) is 9.55 Å². The lowest BCUT2D eigenvalue weighted by Gasteiger charge is -2.19. The zero-order chi connectivity index (χ0) is 31.5. The average Bonchev–Trinajstić information content (AvgIpc) is 3.01. The van der Waals surface area contributed by atoms with Crippen molar-refractivity contribution in [2.75, 3.05) is 0 Å². The fourth-order valence-electron chi connectivity index (χ4n) is 4.38. The van der Waals surface area contributed by atoms with E-state index in [-0.39, 0.29) is 17.3 Å². The molecular weight excluding hydrogens is 501 g/mol. The third kappa shape index (κ3) is 14.8. The van der Waals surface area contributed by atoms with E-state index in [4.69, 9.17) is 5.21 Å². The highest BCUT2D eigenvalue weighted by atomic mass is 19.1. The van der Waals surface area contributed by atoms with Gasteiger partial charge in [-0.3, -0.25) is 9.36 Å². The molecule has 1 N–H and O–H groups in total. The van der Waals surface area contributed by atoms with Crippen LogP contribution in [-0.2, 0) is 19.4 Å². The van der Waals surface area contributed by atoms with Crippen molar-refractivity contribution in [1.29, 1.82) is 0 Å². The van der Waals surface area contributed by atoms with Crippen LogP contribution in [0.5, 0.6) is 0 Å². The molecule has 2 heterocycles. The summed E-state index contributed by atoms with van der Waals surface area (Å²) in [5.74, 6) is 0.970. The molecule has 0 saturated heterocycles. The molecular formula is C34H62FN3O2. The molecule has 0 amide bonds. The quantitative estimate of drug-likeness (QED) is 0.197. The van der Waals surface area contributed by atoms with E-state index in [2.05, 4.69) is 30.9 Å². The molecule has 6 heteroatoms. The van der Waals surface area contributed by atoms with Crippen LogP contribution in [0.3, 0.4) is 0 Å². The van der Waals surface area contributed by atoms with Gasteiger partial charge in [-0.05, 0) is 56.7 Å². The van der Waals surface area contributed by atoms with Gasteiger partial charge in [0.05, 0.1) is 5.71 Å². The summed E-state index contributed by atoms with van der Waals surface area (Å²) in [7, 11) is 0. The van der Waals surface area contributed by atoms with Crippen LogP contribution in [0.15, 0.2) is 34.2 Å². The second kappa shape index (κ2) is 28.0. The Kier molecular flexibility index (Phi) is 29.4. The van der Waals surface area contributed by atoms with Gasteiger partial charge in [0, 0.05) is 30.1 Å². The lowest BCUT2D eigenvalue weighted by Crippen LogP contribution is -2.31. The summed E-state index contributed by atoms with van der Waals surface area (Å²) in [5.41, 5.74) is 3.55. The molecule has 0 radical (unpaired) electrons. The first-order valence-corrected chi connectivity index (χ1v) is 16.0. The van der Waals surface area contributed by atoms with Crippen molar-refractivity contribution in [2.24, 2.45) is 11.1 Å². The van der Waals surface area contributed by atoms with Gasteiger partial charge in [-0.15, -0.1) is 0 Å². The van der Waals surface area contributed by atoms with Crippen molar-refractivity contribution >= 4 is 5.71 Å². The van der Waals surface area contributed by atoms with Gasteiger partial charge in [-0.1, -0.05) is 113 Å². The first-order chi connectivity index (χ1) is 19.5. The zero-order valence-electron chi connectivity index (χ0n) is 28.0. The number of hydrogen-bond acceptors (Lipinski definition) is 4. The maximum absolute atomic E-state index is 12.8. The summed E-state index contributed by atoms with van der Waals surface area (Å²) in [5, 5.41) is 12.6. The first kappa shape index (κ1) is 42.0. The van der Waals surface area contributed by atoms with Gasteiger partial charge in [0.15, 0.2) is 0 Å². The molecule has 1 aliphatic heterocycles. The number of benzene rings is 1. The third-order valence-corrected chi connectivity index (χ3v) is 5.99. The lowest BCUT2D eigenvalue weighted by molar-refractivity contribution is 0.313. The minimum absolute atomic E-state index is 0.207. The Morgan fingerprint density at radius 3 is 1.90 bits per heavy atom. The van der Waals surface area contributed by atoms with Crippen molar-refractivity contribution in [3.8, 4) is 0 Å². The summed E-state index contributed by atoms with van der Waals surface area (Å²) in [4.78, 5) is 16.7. The van der Waals surface area contributed by atoms with Crippen LogP contribution < -0.4 is 5.56 Å². The van der Waals surface area contributed by atoms with E-state index in [1.54, 1.807) is 12.1 Å². The predicted molar refractivity (Wildman–Crippen MR) is 174 cm³/mol. The van der Waals surface area contributed by atoms with Crippen molar-refractivity contribution < 1.29 is 9.60 Å². The van der Waals surface area contributed by atoms with Gasteiger partial charge in [-0.25, -0.2) is 9.37 Å². The van der Waals surface area contributed by atoms with Crippen molar-refractivity contribution in [2.45, 2.75) is 147 Å². The second-order valence-corrected chi connectivity index (χ2v) is 8.52. The minimum atomic E-state index is -0.270. The molecule has 1 aromatic heterocycles. The SMILES string of the molecule is CC.CC.CC.CC.CCCC(CCC)/C(=N/O)c1ccc(F)cc1.CCCc1c(C)nc2n(c1=O)CCCC2. The van der Waals surface area contributed by atoms with Crippen molar-refractivity contribution in [3.05, 3.63) is 63.1 Å². The van der Waals surface area contributed by atoms with Crippen LogP contribution in [-0.4, -0.2) is 20.5 Å². The van der Waals surface area contributed by atoms with E-state index >= 15 is 0 Å². The molecule has 0 fully saturated rings. The highest BCUT2D eigenvalue weighted by Crippen LogP contribution is 2.20. The third-order valence-electron chi connectivity index (χ3n) is 5.99. The Morgan fingerprint density at radius 1 is 0.925 bits per heavy atom. The van der Waals surface area contributed by atoms with E-state index < -0.39 is 0 Å². The van der Waals surface area contributed by atoms with E-state index in [9.17, 15) is 9.18 Å². The highest BCUT2D eigenvalue weighted by Gasteiger charge is 2.17. The average molecular weight is 564 g/mol. The molecule has 0 atom stereocenters. The van der Waals surface area contributed by atoms with Gasteiger partial charge < -0.3 is 5.21 Å². The molecule has 232 valence electrons. The van der Waals surface area contributed by atoms with E-state index in [0.29, 0.717) is 5.71 Å². The summed E-state index contributed by atoms with van der Waals surface area (Å²) in [6.45, 7) is 25.1. The highest BCUT2D eigenvalue weighted by molar-refractivity contribution is 6.01. The molecule has 0 aliphatic carbocycles. The van der Waals surface area contributed by atoms with E-state index in [1.807, 2.05) is 66.9 Å². The Balaban J connectivity index is -0.000000549. The Morgan fingerprint density at radius 2 is 1.45 bits per heavy atom. The second-order valence-electron chi connectivity index (χ2n) is 8.52. The van der Waals surface area contributed by atoms with E-state index in [1.165, 1.54) is 18.6 Å². The number of oxime groups is 1. The maximum atomic E-state index is 12.8. The summed E-state index contributed by atoms with van der Waals surface area (Å²) >= 11 is 0. The molecule has 0 saturated carbocycles. The molecule has 3 rings (SSSR count). The van der Waals surface area contributed by atoms with Crippen LogP contribution in [0.4, 0.5) is 4.39 Å². The molecule has 1 aliphatic rings. The van der Waals surface area contributed by atoms with Crippen LogP contribution >= 0.6 is 0 Å². The molecule has 1 aromatic carbocycles. The number of hydrogen-bond donors (Lipinski definition) is 1. The van der Waals surface area contributed by atoms with Gasteiger partial charge >= 0.3 is 0 Å². The van der Waals surface area contributed by atoms with Crippen LogP contribution in [0, 0.1) is 18.7 Å². The molecule has 2 aromatic rings. The number of fused-ring (bicyclic) bond motifs is 1. The molecule has 40 heavy (non-hydrogen) atoms. The Hall–Kier alpha value is -2.50. The number of halogens is 1. The largest absolute Gasteiger partial charge is 0.411 e.